The van der Waals surface area contributed by atoms with Crippen LogP contribution in [-0.2, 0) is 19.3 Å². The van der Waals surface area contributed by atoms with E-state index < -0.39 is 0 Å². The van der Waals surface area contributed by atoms with Crippen LogP contribution in [0.4, 0.5) is 11.4 Å². The Morgan fingerprint density at radius 1 is 0.914 bits per heavy atom. The van der Waals surface area contributed by atoms with Crippen molar-refractivity contribution in [1.82, 2.24) is 4.90 Å². The second kappa shape index (κ2) is 10.6. The van der Waals surface area contributed by atoms with Crippen molar-refractivity contribution < 1.29 is 0 Å². The van der Waals surface area contributed by atoms with Crippen LogP contribution in [-0.4, -0.2) is 31.3 Å². The van der Waals surface area contributed by atoms with Crippen molar-refractivity contribution in [2.45, 2.75) is 57.4 Å². The van der Waals surface area contributed by atoms with E-state index in [4.69, 9.17) is 0 Å². The summed E-state index contributed by atoms with van der Waals surface area (Å²) in [5, 5.41) is 3.12. The standard InChI is InChI=1S/C23H29N.C9H8N2/c1-4-23(24(2)3)22-11-7-10-18-20-13-12-16-8-5-6-9-17(16)19(20)14-15-21(18)22;1-2-5-9-8(4-1)10-6-3-7-11-9/h5-6,8-9,14-15,22-23H,4,7,10-13H2,1-3H3;1-7,10H. The van der Waals surface area contributed by atoms with Crippen LogP contribution in [0.3, 0.4) is 0 Å². The third kappa shape index (κ3) is 4.83. The molecule has 2 atom stereocenters. The Labute approximate surface area is 210 Å². The van der Waals surface area contributed by atoms with E-state index in [2.05, 4.69) is 72.6 Å². The average Bonchev–Trinajstić information content (AvgIpc) is 3.15. The number of para-hydroxylation sites is 2. The second-order valence-electron chi connectivity index (χ2n) is 10.1. The van der Waals surface area contributed by atoms with Gasteiger partial charge in [-0.15, -0.1) is 0 Å². The van der Waals surface area contributed by atoms with E-state index in [1.54, 1.807) is 22.9 Å². The van der Waals surface area contributed by atoms with E-state index in [0.29, 0.717) is 12.0 Å². The number of hydrogen-bond donors (Lipinski definition) is 1. The van der Waals surface area contributed by atoms with Crippen molar-refractivity contribution in [1.29, 1.82) is 0 Å². The van der Waals surface area contributed by atoms with Crippen molar-refractivity contribution in [2.75, 3.05) is 19.4 Å². The van der Waals surface area contributed by atoms with Gasteiger partial charge in [-0.05, 0) is 110 Å². The Morgan fingerprint density at radius 3 is 2.60 bits per heavy atom. The molecule has 2 unspecified atom stereocenters. The Hall–Kier alpha value is -3.17. The predicted octanol–water partition coefficient (Wildman–Crippen LogP) is 7.54. The van der Waals surface area contributed by atoms with Crippen molar-refractivity contribution in [2.24, 2.45) is 4.99 Å². The minimum Gasteiger partial charge on any atom is -0.360 e. The smallest absolute Gasteiger partial charge is 0.0864 e. The molecule has 180 valence electrons. The second-order valence-corrected chi connectivity index (χ2v) is 10.1. The highest BCUT2D eigenvalue weighted by Gasteiger charge is 2.31. The molecule has 0 bridgehead atoms. The average molecular weight is 464 g/mol. The van der Waals surface area contributed by atoms with Crippen molar-refractivity contribution >= 4 is 17.6 Å². The zero-order chi connectivity index (χ0) is 24.2. The zero-order valence-corrected chi connectivity index (χ0v) is 21.3. The number of rotatable bonds is 3. The van der Waals surface area contributed by atoms with Gasteiger partial charge < -0.3 is 10.2 Å². The highest BCUT2D eigenvalue weighted by Crippen LogP contribution is 2.43. The molecule has 0 saturated carbocycles. The number of benzene rings is 3. The molecule has 1 aliphatic heterocycles. The van der Waals surface area contributed by atoms with E-state index in [0.717, 1.165) is 11.4 Å². The van der Waals surface area contributed by atoms with Crippen LogP contribution >= 0.6 is 0 Å². The lowest BCUT2D eigenvalue weighted by atomic mass is 9.72. The van der Waals surface area contributed by atoms with Crippen LogP contribution in [0.5, 0.6) is 0 Å². The van der Waals surface area contributed by atoms with E-state index in [9.17, 15) is 0 Å². The lowest BCUT2D eigenvalue weighted by Gasteiger charge is -2.37. The lowest BCUT2D eigenvalue weighted by Crippen LogP contribution is -2.35. The number of fused-ring (bicyclic) bond motifs is 6. The minimum absolute atomic E-state index is 0.665. The molecule has 3 heteroatoms. The molecular weight excluding hydrogens is 426 g/mol. The van der Waals surface area contributed by atoms with Crippen LogP contribution in [0.15, 0.2) is 77.9 Å². The van der Waals surface area contributed by atoms with Gasteiger partial charge in [-0.1, -0.05) is 55.5 Å². The highest BCUT2D eigenvalue weighted by molar-refractivity contribution is 5.81. The molecule has 0 aromatic heterocycles. The number of nitrogens with one attached hydrogen (secondary N) is 1. The first kappa shape index (κ1) is 23.6. The van der Waals surface area contributed by atoms with Crippen LogP contribution in [0.1, 0.15) is 54.4 Å². The normalized spacial score (nSPS) is 18.1. The van der Waals surface area contributed by atoms with Crippen molar-refractivity contribution in [3.05, 3.63) is 95.2 Å². The van der Waals surface area contributed by atoms with E-state index >= 15 is 0 Å². The molecule has 0 radical (unpaired) electrons. The maximum absolute atomic E-state index is 4.21. The molecule has 0 amide bonds. The third-order valence-electron chi connectivity index (χ3n) is 7.85. The van der Waals surface area contributed by atoms with Gasteiger partial charge in [0.2, 0.25) is 0 Å². The zero-order valence-electron chi connectivity index (χ0n) is 21.3. The topological polar surface area (TPSA) is 27.6 Å². The maximum Gasteiger partial charge on any atom is 0.0864 e. The molecular formula is C32H37N3. The van der Waals surface area contributed by atoms with Gasteiger partial charge in [0.05, 0.1) is 11.4 Å². The third-order valence-corrected chi connectivity index (χ3v) is 7.85. The SMILES string of the molecule is C1=CNc2ccccc2N=C1.CCC(C1CCCc2c1ccc1c2CCc2ccccc2-1)N(C)C. The molecule has 3 aliphatic rings. The summed E-state index contributed by atoms with van der Waals surface area (Å²) in [6.45, 7) is 2.34. The van der Waals surface area contributed by atoms with Gasteiger partial charge in [0.15, 0.2) is 0 Å². The predicted molar refractivity (Wildman–Crippen MR) is 150 cm³/mol. The van der Waals surface area contributed by atoms with Crippen molar-refractivity contribution in [3.63, 3.8) is 0 Å². The molecule has 3 nitrogen and oxygen atoms in total. The molecule has 1 heterocycles. The summed E-state index contributed by atoms with van der Waals surface area (Å²) < 4.78 is 0. The molecule has 1 N–H and O–H groups in total. The van der Waals surface area contributed by atoms with Gasteiger partial charge in [0.1, 0.15) is 0 Å². The van der Waals surface area contributed by atoms with Gasteiger partial charge in [0, 0.05) is 18.5 Å². The summed E-state index contributed by atoms with van der Waals surface area (Å²) in [7, 11) is 4.49. The molecule has 6 rings (SSSR count). The molecule has 3 aromatic rings. The first-order valence-electron chi connectivity index (χ1n) is 13.1. The molecule has 35 heavy (non-hydrogen) atoms. The summed E-state index contributed by atoms with van der Waals surface area (Å²) in [6, 6.07) is 22.5. The molecule has 0 spiro atoms. The summed E-state index contributed by atoms with van der Waals surface area (Å²) in [5.41, 5.74) is 11.5. The maximum atomic E-state index is 4.21. The lowest BCUT2D eigenvalue weighted by molar-refractivity contribution is 0.231. The monoisotopic (exact) mass is 463 g/mol. The van der Waals surface area contributed by atoms with E-state index in [-0.39, 0.29) is 0 Å². The first-order valence-corrected chi connectivity index (χ1v) is 13.1. The number of anilines is 1. The van der Waals surface area contributed by atoms with Gasteiger partial charge in [-0.2, -0.15) is 0 Å². The van der Waals surface area contributed by atoms with Crippen LogP contribution in [0, 0.1) is 0 Å². The fourth-order valence-electron chi connectivity index (χ4n) is 6.23. The van der Waals surface area contributed by atoms with E-state index in [1.807, 2.05) is 36.5 Å². The number of nitrogens with zero attached hydrogens (tertiary/aromatic N) is 2. The van der Waals surface area contributed by atoms with Gasteiger partial charge in [-0.25, -0.2) is 0 Å². The van der Waals surface area contributed by atoms with Crippen LogP contribution in [0.25, 0.3) is 11.1 Å². The Kier molecular flexibility index (Phi) is 7.15. The van der Waals surface area contributed by atoms with E-state index in [1.165, 1.54) is 55.2 Å². The number of allylic oxidation sites excluding steroid dienone is 1. The van der Waals surface area contributed by atoms with Crippen molar-refractivity contribution in [3.8, 4) is 11.1 Å². The van der Waals surface area contributed by atoms with Gasteiger partial charge in [-0.3, -0.25) is 4.99 Å². The molecule has 2 aliphatic carbocycles. The Morgan fingerprint density at radius 2 is 1.74 bits per heavy atom. The number of hydrogen-bond acceptors (Lipinski definition) is 3. The summed E-state index contributed by atoms with van der Waals surface area (Å²) in [6.07, 6.45) is 13.2. The van der Waals surface area contributed by atoms with Gasteiger partial charge >= 0.3 is 0 Å². The molecule has 3 aromatic carbocycles. The highest BCUT2D eigenvalue weighted by atomic mass is 15.1. The fraction of sp³-hybridized carbons (Fsp3) is 0.344. The summed E-state index contributed by atoms with van der Waals surface area (Å²) in [5.74, 6) is 0.705. The van der Waals surface area contributed by atoms with Gasteiger partial charge in [0.25, 0.3) is 0 Å². The summed E-state index contributed by atoms with van der Waals surface area (Å²) >= 11 is 0. The van der Waals surface area contributed by atoms with Crippen LogP contribution in [0.2, 0.25) is 0 Å². The first-order chi connectivity index (χ1) is 17.2. The fourth-order valence-corrected chi connectivity index (χ4v) is 6.23. The summed E-state index contributed by atoms with van der Waals surface area (Å²) in [4.78, 5) is 6.65. The van der Waals surface area contributed by atoms with Crippen LogP contribution < -0.4 is 5.32 Å². The number of aryl methyl sites for hydroxylation is 1. The Bertz CT molecular complexity index is 1240. The molecule has 0 fully saturated rings. The Balaban J connectivity index is 0.000000192. The minimum atomic E-state index is 0.665. The quantitative estimate of drug-likeness (QED) is 0.434. The number of aliphatic imine (C=N–C) groups is 1. The largest absolute Gasteiger partial charge is 0.360 e. The molecule has 0 saturated heterocycles. The number of likely N-dealkylation sites (N-methyl/N-ethyl adjacent to an activating group) is 1.